The Morgan fingerprint density at radius 1 is 1.18 bits per heavy atom. The molecule has 0 spiro atoms. The van der Waals surface area contributed by atoms with Gasteiger partial charge in [0.15, 0.2) is 0 Å². The van der Waals surface area contributed by atoms with E-state index < -0.39 is 0 Å². The second-order valence-electron chi connectivity index (χ2n) is 3.56. The van der Waals surface area contributed by atoms with Crippen molar-refractivity contribution in [2.45, 2.75) is 6.61 Å². The van der Waals surface area contributed by atoms with Gasteiger partial charge in [0.2, 0.25) is 0 Å². The smallest absolute Gasteiger partial charge is 0.142 e. The lowest BCUT2D eigenvalue weighted by Gasteiger charge is -2.09. The van der Waals surface area contributed by atoms with Crippen LogP contribution in [0.3, 0.4) is 0 Å². The largest absolute Gasteiger partial charge is 0.487 e. The molecule has 88 valence electrons. The van der Waals surface area contributed by atoms with E-state index in [-0.39, 0.29) is 5.82 Å². The van der Waals surface area contributed by atoms with Crippen molar-refractivity contribution < 1.29 is 9.13 Å². The van der Waals surface area contributed by atoms with Crippen molar-refractivity contribution in [2.75, 3.05) is 5.73 Å². The summed E-state index contributed by atoms with van der Waals surface area (Å²) in [6.07, 6.45) is 0. The molecule has 0 aromatic heterocycles. The van der Waals surface area contributed by atoms with E-state index in [2.05, 4.69) is 15.9 Å². The van der Waals surface area contributed by atoms with Gasteiger partial charge in [0.1, 0.15) is 18.2 Å². The molecule has 0 heterocycles. The first-order valence-corrected chi connectivity index (χ1v) is 5.87. The van der Waals surface area contributed by atoms with Gasteiger partial charge in [-0.3, -0.25) is 0 Å². The highest BCUT2D eigenvalue weighted by Crippen LogP contribution is 2.23. The van der Waals surface area contributed by atoms with Crippen LogP contribution in [0, 0.1) is 5.82 Å². The van der Waals surface area contributed by atoms with E-state index in [0.717, 1.165) is 5.56 Å². The van der Waals surface area contributed by atoms with Gasteiger partial charge in [-0.1, -0.05) is 34.1 Å². The van der Waals surface area contributed by atoms with E-state index in [1.165, 1.54) is 12.1 Å². The fourth-order valence-corrected chi connectivity index (χ4v) is 1.87. The molecule has 0 unspecified atom stereocenters. The van der Waals surface area contributed by atoms with Crippen molar-refractivity contribution in [1.29, 1.82) is 0 Å². The van der Waals surface area contributed by atoms with Gasteiger partial charge in [-0.2, -0.15) is 0 Å². The van der Waals surface area contributed by atoms with Crippen molar-refractivity contribution >= 4 is 21.6 Å². The Balaban J connectivity index is 2.10. The predicted octanol–water partition coefficient (Wildman–Crippen LogP) is 3.75. The first-order valence-electron chi connectivity index (χ1n) is 5.08. The molecule has 0 radical (unpaired) electrons. The zero-order valence-electron chi connectivity index (χ0n) is 8.99. The lowest BCUT2D eigenvalue weighted by molar-refractivity contribution is 0.307. The van der Waals surface area contributed by atoms with Crippen molar-refractivity contribution in [3.8, 4) is 5.75 Å². The van der Waals surface area contributed by atoms with Gasteiger partial charge in [-0.05, 0) is 24.3 Å². The van der Waals surface area contributed by atoms with Crippen molar-refractivity contribution in [3.05, 3.63) is 58.3 Å². The minimum atomic E-state index is -0.278. The van der Waals surface area contributed by atoms with Crippen LogP contribution < -0.4 is 10.5 Å². The van der Waals surface area contributed by atoms with Crippen LogP contribution in [0.1, 0.15) is 5.56 Å². The summed E-state index contributed by atoms with van der Waals surface area (Å²) < 4.78 is 19.1. The molecule has 0 aliphatic heterocycles. The Morgan fingerprint density at radius 2 is 1.94 bits per heavy atom. The zero-order chi connectivity index (χ0) is 12.3. The Bertz CT molecular complexity index is 531. The number of para-hydroxylation sites is 2. The Morgan fingerprint density at radius 3 is 2.65 bits per heavy atom. The lowest BCUT2D eigenvalue weighted by Crippen LogP contribution is -1.99. The van der Waals surface area contributed by atoms with E-state index >= 15 is 0 Å². The molecule has 2 aromatic rings. The Kier molecular flexibility index (Phi) is 3.64. The average Bonchev–Trinajstić information content (AvgIpc) is 2.30. The van der Waals surface area contributed by atoms with Crippen molar-refractivity contribution in [2.24, 2.45) is 0 Å². The maximum Gasteiger partial charge on any atom is 0.142 e. The predicted molar refractivity (Wildman–Crippen MR) is 69.3 cm³/mol. The van der Waals surface area contributed by atoms with Crippen LogP contribution in [0.5, 0.6) is 5.75 Å². The molecule has 0 saturated heterocycles. The molecule has 0 atom stereocenters. The van der Waals surface area contributed by atoms with Crippen LogP contribution in [0.15, 0.2) is 46.9 Å². The van der Waals surface area contributed by atoms with Gasteiger partial charge < -0.3 is 10.5 Å². The van der Waals surface area contributed by atoms with Crippen LogP contribution >= 0.6 is 15.9 Å². The van der Waals surface area contributed by atoms with E-state index in [9.17, 15) is 4.39 Å². The molecule has 0 amide bonds. The van der Waals surface area contributed by atoms with Gasteiger partial charge >= 0.3 is 0 Å². The normalized spacial score (nSPS) is 10.2. The fraction of sp³-hybridized carbons (Fsp3) is 0.0769. The summed E-state index contributed by atoms with van der Waals surface area (Å²) in [4.78, 5) is 0. The Hall–Kier alpha value is -1.55. The Labute approximate surface area is 107 Å². The van der Waals surface area contributed by atoms with Gasteiger partial charge in [0.25, 0.3) is 0 Å². The van der Waals surface area contributed by atoms with E-state index in [4.69, 9.17) is 10.5 Å². The van der Waals surface area contributed by atoms with Crippen LogP contribution in [0.2, 0.25) is 0 Å². The molecule has 2 rings (SSSR count). The number of nitrogens with two attached hydrogens (primary N) is 1. The molecular formula is C13H11BrFNO. The van der Waals surface area contributed by atoms with Gasteiger partial charge in [0, 0.05) is 10.0 Å². The number of halogens is 2. The molecule has 0 saturated carbocycles. The molecule has 4 heteroatoms. The first-order chi connectivity index (χ1) is 8.16. The van der Waals surface area contributed by atoms with E-state index in [1.807, 2.05) is 12.1 Å². The quantitative estimate of drug-likeness (QED) is 0.875. The molecular weight excluding hydrogens is 285 g/mol. The third-order valence-electron chi connectivity index (χ3n) is 2.32. The summed E-state index contributed by atoms with van der Waals surface area (Å²) >= 11 is 3.29. The SMILES string of the molecule is Nc1ccccc1OCc1ccc(F)cc1Br. The third-order valence-corrected chi connectivity index (χ3v) is 3.06. The summed E-state index contributed by atoms with van der Waals surface area (Å²) in [7, 11) is 0. The highest BCUT2D eigenvalue weighted by atomic mass is 79.9. The van der Waals surface area contributed by atoms with Crippen LogP contribution in [0.4, 0.5) is 10.1 Å². The second-order valence-corrected chi connectivity index (χ2v) is 4.42. The standard InChI is InChI=1S/C13H11BrFNO/c14-11-7-10(15)6-5-9(11)8-17-13-4-2-1-3-12(13)16/h1-7H,8,16H2. The van der Waals surface area contributed by atoms with Crippen molar-refractivity contribution in [3.63, 3.8) is 0 Å². The zero-order valence-corrected chi connectivity index (χ0v) is 10.6. The molecule has 0 aliphatic carbocycles. The van der Waals surface area contributed by atoms with Gasteiger partial charge in [-0.15, -0.1) is 0 Å². The lowest BCUT2D eigenvalue weighted by atomic mass is 10.2. The third kappa shape index (κ3) is 2.97. The molecule has 0 aliphatic rings. The second kappa shape index (κ2) is 5.19. The molecule has 0 bridgehead atoms. The summed E-state index contributed by atoms with van der Waals surface area (Å²) in [5.41, 5.74) is 7.21. The minimum absolute atomic E-state index is 0.278. The van der Waals surface area contributed by atoms with Crippen LogP contribution in [0.25, 0.3) is 0 Å². The molecule has 2 aromatic carbocycles. The monoisotopic (exact) mass is 295 g/mol. The summed E-state index contributed by atoms with van der Waals surface area (Å²) in [6, 6.07) is 11.8. The van der Waals surface area contributed by atoms with E-state index in [0.29, 0.717) is 22.5 Å². The highest BCUT2D eigenvalue weighted by Gasteiger charge is 2.04. The maximum atomic E-state index is 12.9. The number of rotatable bonds is 3. The maximum absolute atomic E-state index is 12.9. The number of hydrogen-bond donors (Lipinski definition) is 1. The number of ether oxygens (including phenoxy) is 1. The highest BCUT2D eigenvalue weighted by molar-refractivity contribution is 9.10. The summed E-state index contributed by atoms with van der Waals surface area (Å²) in [6.45, 7) is 0.342. The van der Waals surface area contributed by atoms with Crippen LogP contribution in [-0.2, 0) is 6.61 Å². The fourth-order valence-electron chi connectivity index (χ4n) is 1.41. The van der Waals surface area contributed by atoms with E-state index in [1.54, 1.807) is 18.2 Å². The molecule has 0 fully saturated rings. The van der Waals surface area contributed by atoms with Gasteiger partial charge in [-0.25, -0.2) is 4.39 Å². The van der Waals surface area contributed by atoms with Crippen molar-refractivity contribution in [1.82, 2.24) is 0 Å². The summed E-state index contributed by atoms with van der Waals surface area (Å²) in [5.74, 6) is 0.351. The molecule has 17 heavy (non-hydrogen) atoms. The number of hydrogen-bond acceptors (Lipinski definition) is 2. The minimum Gasteiger partial charge on any atom is -0.487 e. The summed E-state index contributed by atoms with van der Waals surface area (Å²) in [5, 5.41) is 0. The molecule has 2 nitrogen and oxygen atoms in total. The number of anilines is 1. The average molecular weight is 296 g/mol. The molecule has 2 N–H and O–H groups in total. The number of nitrogen functional groups attached to an aromatic ring is 1. The number of benzene rings is 2. The first kappa shape index (κ1) is 11.9. The topological polar surface area (TPSA) is 35.2 Å². The van der Waals surface area contributed by atoms with Gasteiger partial charge in [0.05, 0.1) is 5.69 Å². The van der Waals surface area contributed by atoms with Crippen LogP contribution in [-0.4, -0.2) is 0 Å².